The SMILES string of the molecule is COc1ccc(OC)c2nc(-c3cccc(Cl)c3)c(CN(Cc3ccc4c(c3)OCO4)C(=O)C3CCCO3)cc12. The van der Waals surface area contributed by atoms with Gasteiger partial charge in [-0.05, 0) is 66.4 Å². The van der Waals surface area contributed by atoms with Gasteiger partial charge in [-0.25, -0.2) is 4.98 Å². The average molecular weight is 561 g/mol. The van der Waals surface area contributed by atoms with Crippen LogP contribution < -0.4 is 18.9 Å². The summed E-state index contributed by atoms with van der Waals surface area (Å²) in [5, 5.41) is 1.38. The van der Waals surface area contributed by atoms with Gasteiger partial charge in [0.25, 0.3) is 5.91 Å². The number of aromatic nitrogens is 1. The van der Waals surface area contributed by atoms with Crippen LogP contribution in [0.1, 0.15) is 24.0 Å². The molecule has 1 unspecified atom stereocenters. The highest BCUT2D eigenvalue weighted by Crippen LogP contribution is 2.38. The lowest BCUT2D eigenvalue weighted by Crippen LogP contribution is -2.38. The fourth-order valence-corrected chi connectivity index (χ4v) is 5.44. The predicted molar refractivity (Wildman–Crippen MR) is 151 cm³/mol. The first kappa shape index (κ1) is 26.2. The monoisotopic (exact) mass is 560 g/mol. The molecular formula is C31H29ClN2O6. The maximum atomic E-state index is 13.8. The Balaban J connectivity index is 1.47. The summed E-state index contributed by atoms with van der Waals surface area (Å²) in [6.07, 6.45) is 1.07. The number of hydrogen-bond donors (Lipinski definition) is 0. The van der Waals surface area contributed by atoms with Crippen molar-refractivity contribution in [2.45, 2.75) is 32.0 Å². The normalized spacial score (nSPS) is 15.8. The van der Waals surface area contributed by atoms with Crippen LogP contribution in [0.25, 0.3) is 22.2 Å². The molecule has 206 valence electrons. The smallest absolute Gasteiger partial charge is 0.252 e. The Bertz CT molecular complexity index is 1570. The summed E-state index contributed by atoms with van der Waals surface area (Å²) in [6.45, 7) is 1.42. The maximum absolute atomic E-state index is 13.8. The zero-order chi connectivity index (χ0) is 27.6. The topological polar surface area (TPSA) is 79.4 Å². The molecule has 4 aromatic rings. The molecule has 2 aliphatic rings. The van der Waals surface area contributed by atoms with Gasteiger partial charge in [-0.15, -0.1) is 0 Å². The van der Waals surface area contributed by atoms with E-state index in [4.69, 9.17) is 40.3 Å². The summed E-state index contributed by atoms with van der Waals surface area (Å²) in [5.41, 5.74) is 3.97. The van der Waals surface area contributed by atoms with E-state index in [9.17, 15) is 4.79 Å². The van der Waals surface area contributed by atoms with Crippen LogP contribution in [-0.4, -0.2) is 49.5 Å². The Hall–Kier alpha value is -4.01. The minimum absolute atomic E-state index is 0.0649. The molecule has 1 saturated heterocycles. The molecule has 0 radical (unpaired) electrons. The van der Waals surface area contributed by atoms with Crippen LogP contribution in [0, 0.1) is 0 Å². The summed E-state index contributed by atoms with van der Waals surface area (Å²) in [6, 6.07) is 19.0. The standard InChI is InChI=1S/C31H29ClN2O6/c1-36-24-10-11-26(37-2)30-23(24)15-21(29(33-30)20-5-3-6-22(32)14-20)17-34(31(35)27-7-4-12-38-27)16-19-8-9-25-28(13-19)40-18-39-25/h3,5-6,8-11,13-15,27H,4,7,12,16-18H2,1-2H3. The zero-order valence-electron chi connectivity index (χ0n) is 22.3. The number of nitrogens with zero attached hydrogens (tertiary/aromatic N) is 2. The number of ether oxygens (including phenoxy) is 5. The van der Waals surface area contributed by atoms with E-state index in [-0.39, 0.29) is 19.2 Å². The van der Waals surface area contributed by atoms with E-state index in [0.29, 0.717) is 58.8 Å². The molecule has 0 aliphatic carbocycles. The van der Waals surface area contributed by atoms with E-state index in [1.165, 1.54) is 0 Å². The van der Waals surface area contributed by atoms with Gasteiger partial charge in [-0.2, -0.15) is 0 Å². The van der Waals surface area contributed by atoms with E-state index in [0.717, 1.165) is 28.5 Å². The second-order valence-electron chi connectivity index (χ2n) is 9.76. The van der Waals surface area contributed by atoms with Crippen molar-refractivity contribution in [2.24, 2.45) is 0 Å². The number of rotatable bonds is 8. The Kier molecular flexibility index (Phi) is 7.36. The Morgan fingerprint density at radius 1 is 1.00 bits per heavy atom. The van der Waals surface area contributed by atoms with Gasteiger partial charge >= 0.3 is 0 Å². The number of hydrogen-bond acceptors (Lipinski definition) is 7. The van der Waals surface area contributed by atoms with Crippen LogP contribution in [0.15, 0.2) is 60.7 Å². The fourth-order valence-electron chi connectivity index (χ4n) is 5.25. The van der Waals surface area contributed by atoms with Crippen molar-refractivity contribution in [3.63, 3.8) is 0 Å². The van der Waals surface area contributed by atoms with E-state index >= 15 is 0 Å². The molecule has 3 aromatic carbocycles. The van der Waals surface area contributed by atoms with Crippen LogP contribution in [0.5, 0.6) is 23.0 Å². The molecule has 2 aliphatic heterocycles. The Morgan fingerprint density at radius 2 is 1.82 bits per heavy atom. The predicted octanol–water partition coefficient (Wildman–Crippen LogP) is 6.01. The van der Waals surface area contributed by atoms with Gasteiger partial charge in [0.2, 0.25) is 6.79 Å². The van der Waals surface area contributed by atoms with Gasteiger partial charge in [-0.1, -0.05) is 29.8 Å². The fraction of sp³-hybridized carbons (Fsp3) is 0.290. The minimum atomic E-state index is -0.480. The number of carbonyl (C=O) groups excluding carboxylic acids is 1. The molecule has 1 amide bonds. The highest BCUT2D eigenvalue weighted by Gasteiger charge is 2.30. The van der Waals surface area contributed by atoms with Crippen molar-refractivity contribution in [3.8, 4) is 34.3 Å². The van der Waals surface area contributed by atoms with Gasteiger partial charge in [-0.3, -0.25) is 4.79 Å². The second-order valence-corrected chi connectivity index (χ2v) is 10.2. The number of amides is 1. The minimum Gasteiger partial charge on any atom is -0.496 e. The summed E-state index contributed by atoms with van der Waals surface area (Å²) < 4.78 is 28.2. The molecule has 3 heterocycles. The molecule has 0 spiro atoms. The molecule has 1 atom stereocenters. The molecule has 0 N–H and O–H groups in total. The number of carbonyl (C=O) groups is 1. The third-order valence-corrected chi connectivity index (χ3v) is 7.45. The first-order chi connectivity index (χ1) is 19.5. The average Bonchev–Trinajstić information content (AvgIpc) is 3.68. The molecule has 6 rings (SSSR count). The third-order valence-electron chi connectivity index (χ3n) is 7.21. The number of halogens is 1. The molecule has 40 heavy (non-hydrogen) atoms. The largest absolute Gasteiger partial charge is 0.496 e. The number of benzene rings is 3. The van der Waals surface area contributed by atoms with E-state index < -0.39 is 6.10 Å². The van der Waals surface area contributed by atoms with Crippen LogP contribution in [0.3, 0.4) is 0 Å². The van der Waals surface area contributed by atoms with E-state index in [2.05, 4.69) is 0 Å². The van der Waals surface area contributed by atoms with Gasteiger partial charge < -0.3 is 28.6 Å². The summed E-state index contributed by atoms with van der Waals surface area (Å²) in [7, 11) is 3.24. The van der Waals surface area contributed by atoms with Crippen LogP contribution in [-0.2, 0) is 22.6 Å². The first-order valence-electron chi connectivity index (χ1n) is 13.1. The van der Waals surface area contributed by atoms with Gasteiger partial charge in [0.1, 0.15) is 23.1 Å². The van der Waals surface area contributed by atoms with E-state index in [1.807, 2.05) is 65.6 Å². The summed E-state index contributed by atoms with van der Waals surface area (Å²) in [5.74, 6) is 2.59. The third kappa shape index (κ3) is 5.12. The van der Waals surface area contributed by atoms with Gasteiger partial charge in [0.05, 0.1) is 19.9 Å². The van der Waals surface area contributed by atoms with Gasteiger partial charge in [0, 0.05) is 35.7 Å². The second kappa shape index (κ2) is 11.2. The van der Waals surface area contributed by atoms with Crippen molar-refractivity contribution in [3.05, 3.63) is 76.8 Å². The molecular weight excluding hydrogens is 532 g/mol. The molecule has 9 heteroatoms. The van der Waals surface area contributed by atoms with Crippen molar-refractivity contribution >= 4 is 28.4 Å². The lowest BCUT2D eigenvalue weighted by molar-refractivity contribution is -0.142. The van der Waals surface area contributed by atoms with Crippen LogP contribution in [0.2, 0.25) is 5.02 Å². The van der Waals surface area contributed by atoms with Gasteiger partial charge in [0.15, 0.2) is 11.5 Å². The molecule has 8 nitrogen and oxygen atoms in total. The van der Waals surface area contributed by atoms with Crippen molar-refractivity contribution < 1.29 is 28.5 Å². The molecule has 0 saturated carbocycles. The molecule has 0 bridgehead atoms. The summed E-state index contributed by atoms with van der Waals surface area (Å²) >= 11 is 6.39. The van der Waals surface area contributed by atoms with Crippen molar-refractivity contribution in [2.75, 3.05) is 27.6 Å². The van der Waals surface area contributed by atoms with Crippen molar-refractivity contribution in [1.82, 2.24) is 9.88 Å². The lowest BCUT2D eigenvalue weighted by atomic mass is 10.0. The molecule has 1 fully saturated rings. The highest BCUT2D eigenvalue weighted by molar-refractivity contribution is 6.30. The lowest BCUT2D eigenvalue weighted by Gasteiger charge is -2.27. The van der Waals surface area contributed by atoms with Crippen molar-refractivity contribution in [1.29, 1.82) is 0 Å². The zero-order valence-corrected chi connectivity index (χ0v) is 23.1. The summed E-state index contributed by atoms with van der Waals surface area (Å²) in [4.78, 5) is 20.7. The quantitative estimate of drug-likeness (QED) is 0.261. The van der Waals surface area contributed by atoms with E-state index in [1.54, 1.807) is 14.2 Å². The highest BCUT2D eigenvalue weighted by atomic mass is 35.5. The number of fused-ring (bicyclic) bond motifs is 2. The Labute approximate surface area is 237 Å². The number of pyridine rings is 1. The Morgan fingerprint density at radius 3 is 2.60 bits per heavy atom. The first-order valence-corrected chi connectivity index (χ1v) is 13.5. The molecule has 1 aromatic heterocycles. The van der Waals surface area contributed by atoms with Crippen LogP contribution in [0.4, 0.5) is 0 Å². The maximum Gasteiger partial charge on any atom is 0.252 e. The number of methoxy groups -OCH3 is 2. The van der Waals surface area contributed by atoms with Crippen LogP contribution >= 0.6 is 11.6 Å².